The Morgan fingerprint density at radius 1 is 1.53 bits per heavy atom. The molecule has 6 heteroatoms. The van der Waals surface area contributed by atoms with Crippen molar-refractivity contribution in [2.45, 2.75) is 12.5 Å². The lowest BCUT2D eigenvalue weighted by Gasteiger charge is -2.08. The molecule has 15 heavy (non-hydrogen) atoms. The topological polar surface area (TPSA) is 87.0 Å². The fourth-order valence-corrected chi connectivity index (χ4v) is 1.69. The molecule has 0 aliphatic carbocycles. The van der Waals surface area contributed by atoms with Gasteiger partial charge in [-0.15, -0.1) is 0 Å². The normalized spacial score (nSPS) is 19.0. The van der Waals surface area contributed by atoms with E-state index in [-0.39, 0.29) is 12.2 Å². The molecule has 1 aliphatic rings. The molecule has 1 aromatic rings. The van der Waals surface area contributed by atoms with Gasteiger partial charge in [0.25, 0.3) is 0 Å². The molecule has 0 saturated heterocycles. The SMILES string of the molecule is O=C(O)C[C@H]1OB(O)c2cc(O)ccc21. The van der Waals surface area contributed by atoms with Crippen molar-refractivity contribution in [3.05, 3.63) is 23.8 Å². The Hall–Kier alpha value is -1.53. The summed E-state index contributed by atoms with van der Waals surface area (Å²) < 4.78 is 5.06. The molecule has 0 saturated carbocycles. The predicted octanol–water partition coefficient (Wildman–Crippen LogP) is -0.374. The molecule has 0 aromatic heterocycles. The lowest BCUT2D eigenvalue weighted by molar-refractivity contribution is -0.138. The number of carbonyl (C=O) groups is 1. The van der Waals surface area contributed by atoms with Crippen molar-refractivity contribution in [3.8, 4) is 5.75 Å². The third-order valence-corrected chi connectivity index (χ3v) is 2.34. The van der Waals surface area contributed by atoms with Crippen molar-refractivity contribution >= 4 is 18.6 Å². The second-order valence-corrected chi connectivity index (χ2v) is 3.39. The summed E-state index contributed by atoms with van der Waals surface area (Å²) in [6.07, 6.45) is -0.845. The fourth-order valence-electron chi connectivity index (χ4n) is 1.69. The van der Waals surface area contributed by atoms with Crippen LogP contribution in [0.1, 0.15) is 18.1 Å². The van der Waals surface area contributed by atoms with Crippen LogP contribution in [0.15, 0.2) is 18.2 Å². The van der Waals surface area contributed by atoms with Crippen molar-refractivity contribution < 1.29 is 24.7 Å². The van der Waals surface area contributed by atoms with Crippen LogP contribution in [-0.2, 0) is 9.45 Å². The highest BCUT2D eigenvalue weighted by atomic mass is 16.5. The van der Waals surface area contributed by atoms with Gasteiger partial charge < -0.3 is 19.9 Å². The van der Waals surface area contributed by atoms with E-state index in [1.165, 1.54) is 12.1 Å². The summed E-state index contributed by atoms with van der Waals surface area (Å²) >= 11 is 0. The number of fused-ring (bicyclic) bond motifs is 1. The van der Waals surface area contributed by atoms with Gasteiger partial charge >= 0.3 is 13.1 Å². The number of phenolic OH excluding ortho intramolecular Hbond substituents is 1. The van der Waals surface area contributed by atoms with Crippen LogP contribution in [0.2, 0.25) is 0 Å². The smallest absolute Gasteiger partial charge is 0.492 e. The van der Waals surface area contributed by atoms with Gasteiger partial charge in [-0.25, -0.2) is 0 Å². The first kappa shape index (κ1) is 10.0. The number of aromatic hydroxyl groups is 1. The maximum atomic E-state index is 10.5. The van der Waals surface area contributed by atoms with E-state index in [1.807, 2.05) is 0 Å². The monoisotopic (exact) mass is 208 g/mol. The second-order valence-electron chi connectivity index (χ2n) is 3.39. The number of hydrogen-bond donors (Lipinski definition) is 3. The van der Waals surface area contributed by atoms with Crippen molar-refractivity contribution in [2.75, 3.05) is 0 Å². The molecule has 1 aliphatic heterocycles. The molecule has 2 rings (SSSR count). The molecular weight excluding hydrogens is 199 g/mol. The Balaban J connectivity index is 2.33. The Morgan fingerprint density at radius 2 is 2.27 bits per heavy atom. The van der Waals surface area contributed by atoms with Gasteiger partial charge in [0.05, 0.1) is 12.5 Å². The van der Waals surface area contributed by atoms with E-state index in [4.69, 9.17) is 9.76 Å². The first-order valence-corrected chi connectivity index (χ1v) is 4.46. The molecule has 1 heterocycles. The lowest BCUT2D eigenvalue weighted by atomic mass is 9.79. The van der Waals surface area contributed by atoms with Crippen LogP contribution < -0.4 is 5.46 Å². The predicted molar refractivity (Wildman–Crippen MR) is 51.8 cm³/mol. The van der Waals surface area contributed by atoms with Gasteiger partial charge in [0.1, 0.15) is 5.75 Å². The van der Waals surface area contributed by atoms with Gasteiger partial charge in [0.2, 0.25) is 0 Å². The maximum absolute atomic E-state index is 10.5. The molecule has 0 unspecified atom stereocenters. The van der Waals surface area contributed by atoms with Crippen LogP contribution in [0.4, 0.5) is 0 Å². The fraction of sp³-hybridized carbons (Fsp3) is 0.222. The van der Waals surface area contributed by atoms with E-state index in [9.17, 15) is 14.9 Å². The van der Waals surface area contributed by atoms with Crippen molar-refractivity contribution in [3.63, 3.8) is 0 Å². The van der Waals surface area contributed by atoms with E-state index in [0.717, 1.165) is 0 Å². The van der Waals surface area contributed by atoms with Gasteiger partial charge in [-0.3, -0.25) is 4.79 Å². The Bertz CT molecular complexity index is 405. The van der Waals surface area contributed by atoms with E-state index < -0.39 is 19.2 Å². The number of benzene rings is 1. The van der Waals surface area contributed by atoms with E-state index >= 15 is 0 Å². The Morgan fingerprint density at radius 3 is 2.93 bits per heavy atom. The molecular formula is C9H9BO5. The Kier molecular flexibility index (Phi) is 2.38. The highest BCUT2D eigenvalue weighted by Crippen LogP contribution is 2.28. The first-order valence-electron chi connectivity index (χ1n) is 4.46. The quantitative estimate of drug-likeness (QED) is 0.577. The van der Waals surface area contributed by atoms with Crippen LogP contribution in [0.5, 0.6) is 5.75 Å². The highest BCUT2D eigenvalue weighted by Gasteiger charge is 2.36. The number of carboxylic acid groups (broad SMARTS) is 1. The van der Waals surface area contributed by atoms with Crippen LogP contribution in [0.3, 0.4) is 0 Å². The van der Waals surface area contributed by atoms with E-state index in [0.29, 0.717) is 11.0 Å². The first-order chi connectivity index (χ1) is 7.08. The summed E-state index contributed by atoms with van der Waals surface area (Å²) in [7, 11) is -1.16. The summed E-state index contributed by atoms with van der Waals surface area (Å²) in [6, 6.07) is 4.38. The number of hydrogen-bond acceptors (Lipinski definition) is 4. The lowest BCUT2D eigenvalue weighted by Crippen LogP contribution is -2.27. The summed E-state index contributed by atoms with van der Waals surface area (Å²) in [5, 5.41) is 27.3. The number of rotatable bonds is 2. The third kappa shape index (κ3) is 1.81. The molecule has 5 nitrogen and oxygen atoms in total. The van der Waals surface area contributed by atoms with Gasteiger partial charge in [-0.05, 0) is 23.2 Å². The van der Waals surface area contributed by atoms with E-state index in [2.05, 4.69) is 0 Å². The van der Waals surface area contributed by atoms with Gasteiger partial charge in [-0.2, -0.15) is 0 Å². The molecule has 1 atom stereocenters. The maximum Gasteiger partial charge on any atom is 0.492 e. The zero-order valence-electron chi connectivity index (χ0n) is 7.75. The number of aliphatic carboxylic acids is 1. The van der Waals surface area contributed by atoms with Crippen LogP contribution in [0, 0.1) is 0 Å². The molecule has 0 fully saturated rings. The minimum Gasteiger partial charge on any atom is -0.508 e. The van der Waals surface area contributed by atoms with E-state index in [1.54, 1.807) is 6.07 Å². The van der Waals surface area contributed by atoms with Crippen molar-refractivity contribution in [1.82, 2.24) is 0 Å². The molecule has 0 amide bonds. The van der Waals surface area contributed by atoms with Crippen LogP contribution >= 0.6 is 0 Å². The van der Waals surface area contributed by atoms with Crippen LogP contribution in [-0.4, -0.2) is 28.3 Å². The molecule has 3 N–H and O–H groups in total. The summed E-state index contributed by atoms with van der Waals surface area (Å²) in [6.45, 7) is 0. The largest absolute Gasteiger partial charge is 0.508 e. The summed E-state index contributed by atoms with van der Waals surface area (Å²) in [4.78, 5) is 10.5. The van der Waals surface area contributed by atoms with Crippen molar-refractivity contribution in [1.29, 1.82) is 0 Å². The second kappa shape index (κ2) is 3.56. The van der Waals surface area contributed by atoms with Crippen molar-refractivity contribution in [2.24, 2.45) is 0 Å². The molecule has 78 valence electrons. The standard InChI is InChI=1S/C9H9BO5/c11-5-1-2-6-7(3-5)10(14)15-8(6)4-9(12)13/h1-3,8,11,14H,4H2,(H,12,13)/t8-/m1/s1. The summed E-state index contributed by atoms with van der Waals surface area (Å²) in [5.74, 6) is -0.972. The van der Waals surface area contributed by atoms with Crippen LogP contribution in [0.25, 0.3) is 0 Å². The Labute approximate surface area is 86.1 Å². The third-order valence-electron chi connectivity index (χ3n) is 2.34. The van der Waals surface area contributed by atoms with Gasteiger partial charge in [0, 0.05) is 0 Å². The molecule has 0 bridgehead atoms. The van der Waals surface area contributed by atoms with Gasteiger partial charge in [0.15, 0.2) is 0 Å². The molecule has 1 aromatic carbocycles. The zero-order valence-corrected chi connectivity index (χ0v) is 7.75. The minimum absolute atomic E-state index is 0.0207. The average molecular weight is 208 g/mol. The molecule has 0 radical (unpaired) electrons. The summed E-state index contributed by atoms with van der Waals surface area (Å²) in [5.41, 5.74) is 1.05. The zero-order chi connectivity index (χ0) is 11.0. The van der Waals surface area contributed by atoms with Gasteiger partial charge in [-0.1, -0.05) is 6.07 Å². The minimum atomic E-state index is -1.16. The highest BCUT2D eigenvalue weighted by molar-refractivity contribution is 6.61. The number of carboxylic acids is 1. The average Bonchev–Trinajstić information content (AvgIpc) is 2.42. The number of phenols is 1. The molecule has 0 spiro atoms.